The molecule has 1 aromatic heterocycles. The minimum absolute atomic E-state index is 0.0157. The first-order valence-electron chi connectivity index (χ1n) is 6.08. The summed E-state index contributed by atoms with van der Waals surface area (Å²) >= 11 is 3.32. The fraction of sp³-hybridized carbons (Fsp3) is 0.231. The fourth-order valence-corrected chi connectivity index (χ4v) is 2.15. The molecule has 0 bridgehead atoms. The lowest BCUT2D eigenvalue weighted by Gasteiger charge is -2.06. The molecule has 0 spiro atoms. The molecule has 7 heteroatoms. The number of non-ortho nitro benzene ring substituents is 1. The summed E-state index contributed by atoms with van der Waals surface area (Å²) in [6.07, 6.45) is 2.18. The maximum absolute atomic E-state index is 10.7. The molecule has 1 aliphatic rings. The van der Waals surface area contributed by atoms with Crippen LogP contribution >= 0.6 is 15.9 Å². The average molecular weight is 336 g/mol. The highest BCUT2D eigenvalue weighted by molar-refractivity contribution is 9.10. The monoisotopic (exact) mass is 335 g/mol. The topological polar surface area (TPSA) is 78.2 Å². The van der Waals surface area contributed by atoms with Crippen LogP contribution in [-0.2, 0) is 0 Å². The number of ether oxygens (including phenoxy) is 1. The molecule has 0 aliphatic heterocycles. The molecule has 1 aromatic carbocycles. The predicted octanol–water partition coefficient (Wildman–Crippen LogP) is 3.82. The van der Waals surface area contributed by atoms with Gasteiger partial charge in [-0.3, -0.25) is 10.1 Å². The lowest BCUT2D eigenvalue weighted by atomic mass is 10.3. The fourth-order valence-electron chi connectivity index (χ4n) is 1.77. The van der Waals surface area contributed by atoms with Crippen molar-refractivity contribution < 1.29 is 9.66 Å². The normalized spacial score (nSPS) is 14.1. The van der Waals surface area contributed by atoms with Gasteiger partial charge in [0.1, 0.15) is 16.2 Å². The summed E-state index contributed by atoms with van der Waals surface area (Å²) < 4.78 is 6.23. The van der Waals surface area contributed by atoms with Crippen molar-refractivity contribution in [1.29, 1.82) is 0 Å². The van der Waals surface area contributed by atoms with Gasteiger partial charge in [0.05, 0.1) is 11.0 Å². The third kappa shape index (κ3) is 2.93. The van der Waals surface area contributed by atoms with Gasteiger partial charge < -0.3 is 4.74 Å². The zero-order valence-corrected chi connectivity index (χ0v) is 11.9. The third-order valence-corrected chi connectivity index (χ3v) is 3.29. The van der Waals surface area contributed by atoms with Gasteiger partial charge in [-0.05, 0) is 34.8 Å². The maximum Gasteiger partial charge on any atom is 0.273 e. The Hall–Kier alpha value is -2.02. The number of hydrogen-bond donors (Lipinski definition) is 0. The predicted molar refractivity (Wildman–Crippen MR) is 74.9 cm³/mol. The smallest absolute Gasteiger partial charge is 0.273 e. The summed E-state index contributed by atoms with van der Waals surface area (Å²) in [5.41, 5.74) is -0.0157. The van der Waals surface area contributed by atoms with Crippen molar-refractivity contribution in [2.75, 3.05) is 0 Å². The second-order valence-corrected chi connectivity index (χ2v) is 5.33. The van der Waals surface area contributed by atoms with E-state index in [2.05, 4.69) is 25.9 Å². The molecule has 0 amide bonds. The van der Waals surface area contributed by atoms with E-state index >= 15 is 0 Å². The number of rotatable bonds is 4. The van der Waals surface area contributed by atoms with E-state index in [-0.39, 0.29) is 5.69 Å². The molecule has 3 rings (SSSR count). The molecule has 0 unspecified atom stereocenters. The van der Waals surface area contributed by atoms with E-state index in [0.717, 1.165) is 18.7 Å². The highest BCUT2D eigenvalue weighted by atomic mass is 79.9. The van der Waals surface area contributed by atoms with Crippen LogP contribution < -0.4 is 4.74 Å². The van der Waals surface area contributed by atoms with E-state index in [0.29, 0.717) is 22.2 Å². The van der Waals surface area contributed by atoms with Gasteiger partial charge in [-0.25, -0.2) is 4.98 Å². The average Bonchev–Trinajstić information content (AvgIpc) is 3.22. The van der Waals surface area contributed by atoms with Crippen LogP contribution in [0.3, 0.4) is 0 Å². The number of benzene rings is 1. The Labute approximate surface area is 123 Å². The lowest BCUT2D eigenvalue weighted by Crippen LogP contribution is -1.97. The lowest BCUT2D eigenvalue weighted by molar-refractivity contribution is -0.384. The number of hydrogen-bond acceptors (Lipinski definition) is 5. The van der Waals surface area contributed by atoms with Gasteiger partial charge in [0.2, 0.25) is 5.88 Å². The van der Waals surface area contributed by atoms with Gasteiger partial charge in [0, 0.05) is 18.1 Å². The van der Waals surface area contributed by atoms with Crippen molar-refractivity contribution in [2.24, 2.45) is 0 Å². The Morgan fingerprint density at radius 2 is 2.10 bits per heavy atom. The van der Waals surface area contributed by atoms with Crippen LogP contribution in [0.25, 0.3) is 0 Å². The van der Waals surface area contributed by atoms with Crippen molar-refractivity contribution in [3.63, 3.8) is 0 Å². The molecule has 2 aromatic rings. The zero-order chi connectivity index (χ0) is 14.1. The second-order valence-electron chi connectivity index (χ2n) is 4.52. The van der Waals surface area contributed by atoms with Crippen molar-refractivity contribution in [1.82, 2.24) is 9.97 Å². The van der Waals surface area contributed by atoms with Gasteiger partial charge in [0.15, 0.2) is 0 Å². The Morgan fingerprint density at radius 3 is 2.80 bits per heavy atom. The zero-order valence-electron chi connectivity index (χ0n) is 10.3. The first kappa shape index (κ1) is 13.0. The Bertz CT molecular complexity index is 674. The highest BCUT2D eigenvalue weighted by Gasteiger charge is 2.27. The molecule has 1 saturated carbocycles. The van der Waals surface area contributed by atoms with E-state index in [9.17, 15) is 10.1 Å². The molecule has 0 saturated heterocycles. The van der Waals surface area contributed by atoms with E-state index in [4.69, 9.17) is 4.74 Å². The van der Waals surface area contributed by atoms with Crippen LogP contribution in [0.2, 0.25) is 0 Å². The van der Waals surface area contributed by atoms with E-state index in [1.807, 2.05) is 0 Å². The van der Waals surface area contributed by atoms with Crippen LogP contribution in [0.15, 0.2) is 34.9 Å². The van der Waals surface area contributed by atoms with Gasteiger partial charge in [-0.2, -0.15) is 4.98 Å². The van der Waals surface area contributed by atoms with Gasteiger partial charge >= 0.3 is 0 Å². The number of nitro groups is 1. The molecule has 1 fully saturated rings. The second kappa shape index (κ2) is 5.16. The molecule has 1 heterocycles. The summed E-state index contributed by atoms with van der Waals surface area (Å²) in [7, 11) is 0. The first-order valence-corrected chi connectivity index (χ1v) is 6.88. The summed E-state index contributed by atoms with van der Waals surface area (Å²) in [6.45, 7) is 0. The van der Waals surface area contributed by atoms with E-state index < -0.39 is 4.92 Å². The van der Waals surface area contributed by atoms with Crippen LogP contribution in [-0.4, -0.2) is 14.9 Å². The van der Waals surface area contributed by atoms with Gasteiger partial charge in [-0.15, -0.1) is 0 Å². The quantitative estimate of drug-likeness (QED) is 0.482. The number of halogens is 1. The van der Waals surface area contributed by atoms with Crippen molar-refractivity contribution >= 4 is 21.6 Å². The molecule has 0 atom stereocenters. The highest BCUT2D eigenvalue weighted by Crippen LogP contribution is 2.39. The Morgan fingerprint density at radius 1 is 1.30 bits per heavy atom. The number of nitro benzene ring substituents is 1. The van der Waals surface area contributed by atoms with E-state index in [1.54, 1.807) is 18.2 Å². The number of nitrogens with zero attached hydrogens (tertiary/aromatic N) is 3. The maximum atomic E-state index is 10.7. The Balaban J connectivity index is 1.87. The summed E-state index contributed by atoms with van der Waals surface area (Å²) in [4.78, 5) is 18.9. The molecular formula is C13H10BrN3O3. The minimum Gasteiger partial charge on any atom is -0.439 e. The molecular weight excluding hydrogens is 326 g/mol. The van der Waals surface area contributed by atoms with Crippen LogP contribution in [0, 0.1) is 10.1 Å². The molecule has 0 radical (unpaired) electrons. The molecule has 20 heavy (non-hydrogen) atoms. The summed E-state index contributed by atoms with van der Waals surface area (Å²) in [5.74, 6) is 1.92. The number of aromatic nitrogens is 2. The van der Waals surface area contributed by atoms with E-state index in [1.165, 1.54) is 12.1 Å². The minimum atomic E-state index is -0.460. The van der Waals surface area contributed by atoms with Gasteiger partial charge in [0.25, 0.3) is 5.69 Å². The first-order chi connectivity index (χ1) is 9.61. The largest absolute Gasteiger partial charge is 0.439 e. The molecule has 6 nitrogen and oxygen atoms in total. The van der Waals surface area contributed by atoms with Gasteiger partial charge in [-0.1, -0.05) is 6.07 Å². The van der Waals surface area contributed by atoms with Crippen LogP contribution in [0.5, 0.6) is 11.6 Å². The molecule has 0 N–H and O–H groups in total. The SMILES string of the molecule is O=[N+]([O-])c1cccc(Oc2cc(Br)nc(C3CC3)n2)c1. The standard InChI is InChI=1S/C13H10BrN3O3/c14-11-7-12(16-13(15-11)8-4-5-8)20-10-3-1-2-9(6-10)17(18)19/h1-3,6-8H,4-5H2. The van der Waals surface area contributed by atoms with Crippen molar-refractivity contribution in [2.45, 2.75) is 18.8 Å². The van der Waals surface area contributed by atoms with Crippen molar-refractivity contribution in [3.8, 4) is 11.6 Å². The summed E-state index contributed by atoms with van der Waals surface area (Å²) in [5, 5.41) is 10.7. The van der Waals surface area contributed by atoms with Crippen LogP contribution in [0.4, 0.5) is 5.69 Å². The van der Waals surface area contributed by atoms with Crippen LogP contribution in [0.1, 0.15) is 24.6 Å². The van der Waals surface area contributed by atoms with Crippen molar-refractivity contribution in [3.05, 3.63) is 50.9 Å². The third-order valence-electron chi connectivity index (χ3n) is 2.88. The molecule has 102 valence electrons. The Kier molecular flexibility index (Phi) is 3.35. The molecule has 1 aliphatic carbocycles. The summed E-state index contributed by atoms with van der Waals surface area (Å²) in [6, 6.07) is 7.65.